The van der Waals surface area contributed by atoms with Gasteiger partial charge in [0.1, 0.15) is 0 Å². The highest BCUT2D eigenvalue weighted by atomic mass is 35.5. The Bertz CT molecular complexity index is 799. The van der Waals surface area contributed by atoms with Gasteiger partial charge in [-0.3, -0.25) is 4.79 Å². The molecule has 1 aliphatic heterocycles. The Balaban J connectivity index is 1.76. The summed E-state index contributed by atoms with van der Waals surface area (Å²) in [6.07, 6.45) is 1.19. The van der Waals surface area contributed by atoms with E-state index in [1.54, 1.807) is 0 Å². The molecule has 7 heteroatoms. The predicted molar refractivity (Wildman–Crippen MR) is 111 cm³/mol. The van der Waals surface area contributed by atoms with Crippen LogP contribution in [0.15, 0.2) is 29.4 Å². The largest absolute Gasteiger partial charge is 0.341 e. The molecule has 1 aromatic carbocycles. The van der Waals surface area contributed by atoms with Gasteiger partial charge in [0.05, 0.1) is 5.25 Å². The van der Waals surface area contributed by atoms with E-state index in [9.17, 15) is 4.79 Å². The predicted octanol–water partition coefficient (Wildman–Crippen LogP) is 4.60. The highest BCUT2D eigenvalue weighted by Gasteiger charge is 2.29. The summed E-state index contributed by atoms with van der Waals surface area (Å²) in [7, 11) is 0. The van der Waals surface area contributed by atoms with Gasteiger partial charge in [-0.1, -0.05) is 49.3 Å². The number of amides is 1. The molecular weight excluding hydrogens is 380 g/mol. The number of likely N-dealkylation sites (tertiary alicyclic amines) is 1. The van der Waals surface area contributed by atoms with Gasteiger partial charge in [0.15, 0.2) is 11.0 Å². The van der Waals surface area contributed by atoms with Gasteiger partial charge in [0.25, 0.3) is 0 Å². The minimum atomic E-state index is -0.191. The molecule has 0 aliphatic carbocycles. The van der Waals surface area contributed by atoms with Crippen molar-refractivity contribution in [1.29, 1.82) is 0 Å². The molecule has 2 aromatic rings. The monoisotopic (exact) mass is 406 g/mol. The Morgan fingerprint density at radius 3 is 2.63 bits per heavy atom. The molecule has 2 heterocycles. The third-order valence-corrected chi connectivity index (χ3v) is 6.23. The molecule has 1 saturated heterocycles. The molecule has 3 rings (SSSR count). The lowest BCUT2D eigenvalue weighted by atomic mass is 9.92. The van der Waals surface area contributed by atoms with Crippen LogP contribution in [0.1, 0.15) is 34.1 Å². The summed E-state index contributed by atoms with van der Waals surface area (Å²) in [5.41, 5.74) is 0.932. The molecule has 1 fully saturated rings. The van der Waals surface area contributed by atoms with Crippen molar-refractivity contribution in [3.8, 4) is 11.4 Å². The van der Waals surface area contributed by atoms with E-state index in [1.165, 1.54) is 18.2 Å². The third kappa shape index (κ3) is 4.66. The van der Waals surface area contributed by atoms with E-state index < -0.39 is 0 Å². The van der Waals surface area contributed by atoms with Crippen molar-refractivity contribution >= 4 is 29.3 Å². The average Bonchev–Trinajstić information content (AvgIpc) is 3.02. The van der Waals surface area contributed by atoms with Crippen LogP contribution in [0.3, 0.4) is 0 Å². The number of thioether (sulfide) groups is 1. The molecule has 0 spiro atoms. The average molecular weight is 407 g/mol. The zero-order valence-corrected chi connectivity index (χ0v) is 17.9. The second-order valence-electron chi connectivity index (χ2n) is 7.51. The lowest BCUT2D eigenvalue weighted by Gasteiger charge is -2.36. The van der Waals surface area contributed by atoms with E-state index in [1.807, 2.05) is 40.7 Å². The molecule has 5 nitrogen and oxygen atoms in total. The summed E-state index contributed by atoms with van der Waals surface area (Å²) in [5, 5.41) is 9.96. The number of carbonyl (C=O) groups excluding carboxylic acids is 1. The second kappa shape index (κ2) is 8.65. The van der Waals surface area contributed by atoms with Gasteiger partial charge in [-0.2, -0.15) is 0 Å². The summed E-state index contributed by atoms with van der Waals surface area (Å²) < 4.78 is 2.04. The van der Waals surface area contributed by atoms with Crippen molar-refractivity contribution in [2.75, 3.05) is 13.1 Å². The van der Waals surface area contributed by atoms with Crippen molar-refractivity contribution in [3.05, 3.63) is 29.3 Å². The number of benzene rings is 1. The molecule has 0 radical (unpaired) electrons. The number of nitrogens with zero attached hydrogens (tertiary/aromatic N) is 4. The molecule has 1 aromatic heterocycles. The molecule has 3 atom stereocenters. The first-order valence-corrected chi connectivity index (χ1v) is 10.8. The minimum absolute atomic E-state index is 0.188. The Labute approximate surface area is 170 Å². The molecule has 3 unspecified atom stereocenters. The van der Waals surface area contributed by atoms with Gasteiger partial charge in [-0.15, -0.1) is 10.2 Å². The SMILES string of the molecule is CCn1c(SC(C)C(=O)N2CC(C)CC(C)C2)nnc1-c1cccc(Cl)c1. The van der Waals surface area contributed by atoms with Crippen LogP contribution in [0.25, 0.3) is 11.4 Å². The number of aromatic nitrogens is 3. The van der Waals surface area contributed by atoms with Crippen molar-refractivity contribution in [2.24, 2.45) is 11.8 Å². The van der Waals surface area contributed by atoms with Crippen LogP contribution in [0.5, 0.6) is 0 Å². The standard InChI is InChI=1S/C20H27ClN4OS/c1-5-25-18(16-7-6-8-17(21)10-16)22-23-20(25)27-15(4)19(26)24-11-13(2)9-14(3)12-24/h6-8,10,13-15H,5,9,11-12H2,1-4H3. The number of halogens is 1. The number of rotatable bonds is 5. The number of hydrogen-bond acceptors (Lipinski definition) is 4. The fourth-order valence-electron chi connectivity index (χ4n) is 3.81. The van der Waals surface area contributed by atoms with Crippen molar-refractivity contribution in [3.63, 3.8) is 0 Å². The topological polar surface area (TPSA) is 51.0 Å². The zero-order valence-electron chi connectivity index (χ0n) is 16.4. The zero-order chi connectivity index (χ0) is 19.6. The highest BCUT2D eigenvalue weighted by molar-refractivity contribution is 8.00. The van der Waals surface area contributed by atoms with Crippen LogP contribution in [0.2, 0.25) is 5.02 Å². The lowest BCUT2D eigenvalue weighted by Crippen LogP contribution is -2.45. The van der Waals surface area contributed by atoms with Crippen molar-refractivity contribution in [1.82, 2.24) is 19.7 Å². The van der Waals surface area contributed by atoms with Gasteiger partial charge >= 0.3 is 0 Å². The number of piperidine rings is 1. The molecule has 0 N–H and O–H groups in total. The lowest BCUT2D eigenvalue weighted by molar-refractivity contribution is -0.132. The van der Waals surface area contributed by atoms with E-state index in [2.05, 4.69) is 31.0 Å². The second-order valence-corrected chi connectivity index (χ2v) is 9.25. The van der Waals surface area contributed by atoms with Crippen LogP contribution < -0.4 is 0 Å². The van der Waals surface area contributed by atoms with Crippen LogP contribution in [-0.2, 0) is 11.3 Å². The van der Waals surface area contributed by atoms with Gasteiger partial charge in [-0.05, 0) is 44.2 Å². The maximum atomic E-state index is 12.9. The summed E-state index contributed by atoms with van der Waals surface area (Å²) in [6.45, 7) is 10.9. The first-order valence-electron chi connectivity index (χ1n) is 9.53. The highest BCUT2D eigenvalue weighted by Crippen LogP contribution is 2.30. The smallest absolute Gasteiger partial charge is 0.235 e. The first-order chi connectivity index (χ1) is 12.9. The first kappa shape index (κ1) is 20.2. The summed E-state index contributed by atoms with van der Waals surface area (Å²) in [4.78, 5) is 15.0. The molecular formula is C20H27ClN4OS. The van der Waals surface area contributed by atoms with Gasteiger partial charge < -0.3 is 9.47 Å². The normalized spacial score (nSPS) is 21.3. The van der Waals surface area contributed by atoms with E-state index in [0.29, 0.717) is 16.9 Å². The van der Waals surface area contributed by atoms with Crippen LogP contribution >= 0.6 is 23.4 Å². The summed E-state index contributed by atoms with van der Waals surface area (Å²) in [6, 6.07) is 7.61. The number of carbonyl (C=O) groups is 1. The molecule has 0 bridgehead atoms. The fourth-order valence-corrected chi connectivity index (χ4v) is 5.00. The van der Waals surface area contributed by atoms with E-state index in [0.717, 1.165) is 36.2 Å². The molecule has 27 heavy (non-hydrogen) atoms. The Kier molecular flexibility index (Phi) is 6.48. The quantitative estimate of drug-likeness (QED) is 0.680. The van der Waals surface area contributed by atoms with E-state index >= 15 is 0 Å². The van der Waals surface area contributed by atoms with Crippen LogP contribution in [0.4, 0.5) is 0 Å². The van der Waals surface area contributed by atoms with E-state index in [-0.39, 0.29) is 11.2 Å². The molecule has 1 aliphatic rings. The Morgan fingerprint density at radius 2 is 2.00 bits per heavy atom. The maximum Gasteiger partial charge on any atom is 0.235 e. The molecule has 0 saturated carbocycles. The summed E-state index contributed by atoms with van der Waals surface area (Å²) >= 11 is 7.60. The van der Waals surface area contributed by atoms with Crippen LogP contribution in [0, 0.1) is 11.8 Å². The van der Waals surface area contributed by atoms with Gasteiger partial charge in [0.2, 0.25) is 5.91 Å². The third-order valence-electron chi connectivity index (χ3n) is 4.93. The number of hydrogen-bond donors (Lipinski definition) is 0. The van der Waals surface area contributed by atoms with Crippen molar-refractivity contribution in [2.45, 2.75) is 51.1 Å². The Hall–Kier alpha value is -1.53. The maximum absolute atomic E-state index is 12.9. The Morgan fingerprint density at radius 1 is 1.30 bits per heavy atom. The minimum Gasteiger partial charge on any atom is -0.341 e. The fraction of sp³-hybridized carbons (Fsp3) is 0.550. The molecule has 1 amide bonds. The van der Waals surface area contributed by atoms with Crippen LogP contribution in [-0.4, -0.2) is 43.9 Å². The summed E-state index contributed by atoms with van der Waals surface area (Å²) in [5.74, 6) is 2.09. The van der Waals surface area contributed by atoms with Gasteiger partial charge in [0, 0.05) is 30.2 Å². The van der Waals surface area contributed by atoms with Crippen molar-refractivity contribution < 1.29 is 4.79 Å². The van der Waals surface area contributed by atoms with E-state index in [4.69, 9.17) is 11.6 Å². The van der Waals surface area contributed by atoms with Gasteiger partial charge in [-0.25, -0.2) is 0 Å². The molecule has 146 valence electrons.